The largest absolute Gasteiger partial charge is 0.378 e. The number of fused-ring (bicyclic) bond motifs is 3. The van der Waals surface area contributed by atoms with Crippen molar-refractivity contribution in [2.45, 2.75) is 30.8 Å². The van der Waals surface area contributed by atoms with Gasteiger partial charge in [0.05, 0.1) is 24.6 Å². The Balaban J connectivity index is 1.57. The van der Waals surface area contributed by atoms with Gasteiger partial charge < -0.3 is 14.6 Å². The summed E-state index contributed by atoms with van der Waals surface area (Å²) < 4.78 is 12.9. The van der Waals surface area contributed by atoms with Crippen molar-refractivity contribution in [3.8, 4) is 5.69 Å². The Morgan fingerprint density at radius 3 is 3.21 bits per heavy atom. The Bertz CT molecular complexity index is 906. The molecule has 0 amide bonds. The van der Waals surface area contributed by atoms with E-state index in [0.717, 1.165) is 22.9 Å². The van der Waals surface area contributed by atoms with Gasteiger partial charge in [-0.2, -0.15) is 0 Å². The van der Waals surface area contributed by atoms with Crippen LogP contribution in [-0.4, -0.2) is 44.1 Å². The van der Waals surface area contributed by atoms with Gasteiger partial charge in [0.1, 0.15) is 5.69 Å². The zero-order valence-corrected chi connectivity index (χ0v) is 12.9. The van der Waals surface area contributed by atoms with E-state index in [1.807, 2.05) is 30.5 Å². The first-order valence-electron chi connectivity index (χ1n) is 7.99. The SMILES string of the molecule is OC1(c2cn(-c3cccc4cnccc34)nn2)CC[C@H]2CO[C@@H]1O2. The fourth-order valence-electron chi connectivity index (χ4n) is 3.48. The summed E-state index contributed by atoms with van der Waals surface area (Å²) in [5.74, 6) is 0. The summed E-state index contributed by atoms with van der Waals surface area (Å²) in [6, 6.07) is 7.85. The highest BCUT2D eigenvalue weighted by Gasteiger charge is 2.51. The monoisotopic (exact) mass is 324 g/mol. The smallest absolute Gasteiger partial charge is 0.192 e. The molecule has 2 bridgehead atoms. The van der Waals surface area contributed by atoms with E-state index in [9.17, 15) is 5.11 Å². The van der Waals surface area contributed by atoms with Crippen LogP contribution in [0.5, 0.6) is 0 Å². The molecule has 0 aliphatic carbocycles. The van der Waals surface area contributed by atoms with E-state index in [1.54, 1.807) is 17.1 Å². The van der Waals surface area contributed by atoms with Crippen LogP contribution in [0.25, 0.3) is 16.5 Å². The third-order valence-corrected chi connectivity index (χ3v) is 4.83. The van der Waals surface area contributed by atoms with E-state index >= 15 is 0 Å². The van der Waals surface area contributed by atoms with Crippen molar-refractivity contribution < 1.29 is 14.6 Å². The molecule has 1 N–H and O–H groups in total. The number of hydrogen-bond acceptors (Lipinski definition) is 6. The molecule has 7 heteroatoms. The predicted molar refractivity (Wildman–Crippen MR) is 84.4 cm³/mol. The maximum absolute atomic E-state index is 11.0. The lowest BCUT2D eigenvalue weighted by molar-refractivity contribution is -0.219. The second-order valence-corrected chi connectivity index (χ2v) is 6.31. The summed E-state index contributed by atoms with van der Waals surface area (Å²) in [5, 5.41) is 21.5. The molecule has 4 heterocycles. The summed E-state index contributed by atoms with van der Waals surface area (Å²) >= 11 is 0. The molecule has 122 valence electrons. The van der Waals surface area contributed by atoms with Gasteiger partial charge in [-0.05, 0) is 25.0 Å². The molecule has 3 aromatic rings. The van der Waals surface area contributed by atoms with Gasteiger partial charge in [0.15, 0.2) is 11.9 Å². The highest BCUT2D eigenvalue weighted by molar-refractivity contribution is 5.89. The Morgan fingerprint density at radius 2 is 2.25 bits per heavy atom. The van der Waals surface area contributed by atoms with Gasteiger partial charge in [0, 0.05) is 23.2 Å². The van der Waals surface area contributed by atoms with Crippen molar-refractivity contribution in [2.24, 2.45) is 0 Å². The second kappa shape index (κ2) is 5.07. The van der Waals surface area contributed by atoms with Crippen LogP contribution in [0.15, 0.2) is 42.9 Å². The van der Waals surface area contributed by atoms with Gasteiger partial charge in [-0.25, -0.2) is 4.68 Å². The zero-order valence-electron chi connectivity index (χ0n) is 12.9. The molecule has 1 unspecified atom stereocenters. The Hall–Kier alpha value is -2.35. The minimum Gasteiger partial charge on any atom is -0.378 e. The number of rotatable bonds is 2. The lowest BCUT2D eigenvalue weighted by Gasteiger charge is -2.34. The first-order valence-corrected chi connectivity index (χ1v) is 7.99. The molecular formula is C17H16N4O3. The molecule has 0 radical (unpaired) electrons. The van der Waals surface area contributed by atoms with Gasteiger partial charge in [-0.15, -0.1) is 5.10 Å². The normalized spacial score (nSPS) is 29.2. The van der Waals surface area contributed by atoms with Crippen LogP contribution in [0.3, 0.4) is 0 Å². The molecule has 2 fully saturated rings. The minimum atomic E-state index is -1.25. The van der Waals surface area contributed by atoms with Crippen LogP contribution < -0.4 is 0 Å². The summed E-state index contributed by atoms with van der Waals surface area (Å²) in [6.45, 7) is 0.525. The molecule has 2 aromatic heterocycles. The van der Waals surface area contributed by atoms with E-state index < -0.39 is 11.9 Å². The standard InChI is InChI=1S/C17H16N4O3/c22-17(6-4-12-10-23-16(17)24-12)15-9-21(20-19-15)14-3-1-2-11-8-18-7-5-13(11)14/h1-3,5,7-9,12,16,22H,4,6,10H2/t12-,16+,17?/m0/s1. The molecular weight excluding hydrogens is 308 g/mol. The van der Waals surface area contributed by atoms with Gasteiger partial charge >= 0.3 is 0 Å². The molecule has 0 saturated carbocycles. The van der Waals surface area contributed by atoms with E-state index in [1.165, 1.54) is 0 Å². The number of hydrogen-bond donors (Lipinski definition) is 1. The van der Waals surface area contributed by atoms with Gasteiger partial charge in [-0.3, -0.25) is 4.98 Å². The van der Waals surface area contributed by atoms with Crippen LogP contribution in [0.4, 0.5) is 0 Å². The second-order valence-electron chi connectivity index (χ2n) is 6.31. The van der Waals surface area contributed by atoms with Crippen molar-refractivity contribution >= 4 is 10.8 Å². The highest BCUT2D eigenvalue weighted by Crippen LogP contribution is 2.41. The average Bonchev–Trinajstić information content (AvgIpc) is 3.27. The average molecular weight is 324 g/mol. The van der Waals surface area contributed by atoms with Gasteiger partial charge in [-0.1, -0.05) is 17.3 Å². The fraction of sp³-hybridized carbons (Fsp3) is 0.353. The van der Waals surface area contributed by atoms with E-state index in [4.69, 9.17) is 9.47 Å². The Morgan fingerprint density at radius 1 is 1.29 bits per heavy atom. The fourth-order valence-corrected chi connectivity index (χ4v) is 3.48. The molecule has 2 aliphatic heterocycles. The molecule has 7 nitrogen and oxygen atoms in total. The highest BCUT2D eigenvalue weighted by atomic mass is 16.7. The van der Waals surface area contributed by atoms with Crippen molar-refractivity contribution in [1.29, 1.82) is 0 Å². The molecule has 2 aliphatic rings. The topological polar surface area (TPSA) is 82.3 Å². The Kier molecular flexibility index (Phi) is 2.97. The minimum absolute atomic E-state index is 0.0795. The number of nitrogens with zero attached hydrogens (tertiary/aromatic N) is 4. The van der Waals surface area contributed by atoms with Crippen molar-refractivity contribution in [3.05, 3.63) is 48.5 Å². The lowest BCUT2D eigenvalue weighted by Crippen LogP contribution is -2.44. The van der Waals surface area contributed by atoms with Gasteiger partial charge in [0.2, 0.25) is 0 Å². The van der Waals surface area contributed by atoms with E-state index in [2.05, 4.69) is 15.3 Å². The Labute approximate surface area is 137 Å². The number of ether oxygens (including phenoxy) is 2. The lowest BCUT2D eigenvalue weighted by atomic mass is 9.90. The summed E-state index contributed by atoms with van der Waals surface area (Å²) in [4.78, 5) is 4.14. The first-order chi connectivity index (χ1) is 11.7. The number of aliphatic hydroxyl groups is 1. The zero-order chi connectivity index (χ0) is 16.1. The molecule has 1 aromatic carbocycles. The van der Waals surface area contributed by atoms with Gasteiger partial charge in [0.25, 0.3) is 0 Å². The number of aromatic nitrogens is 4. The van der Waals surface area contributed by atoms with Crippen LogP contribution in [0, 0.1) is 0 Å². The number of benzene rings is 1. The quantitative estimate of drug-likeness (QED) is 0.770. The summed E-state index contributed by atoms with van der Waals surface area (Å²) in [7, 11) is 0. The summed E-state index contributed by atoms with van der Waals surface area (Å²) in [5.41, 5.74) is 0.107. The van der Waals surface area contributed by atoms with Crippen molar-refractivity contribution in [2.75, 3.05) is 6.61 Å². The molecule has 0 spiro atoms. The van der Waals surface area contributed by atoms with Crippen molar-refractivity contribution in [1.82, 2.24) is 20.0 Å². The number of pyridine rings is 1. The predicted octanol–water partition coefficient (Wildman–Crippen LogP) is 1.54. The van der Waals surface area contributed by atoms with Crippen LogP contribution in [-0.2, 0) is 15.1 Å². The van der Waals surface area contributed by atoms with E-state index in [0.29, 0.717) is 18.7 Å². The summed E-state index contributed by atoms with van der Waals surface area (Å²) in [6.07, 6.45) is 6.03. The molecule has 2 saturated heterocycles. The van der Waals surface area contributed by atoms with Crippen LogP contribution >= 0.6 is 0 Å². The first kappa shape index (κ1) is 14.0. The third-order valence-electron chi connectivity index (χ3n) is 4.83. The molecule has 3 atom stereocenters. The maximum atomic E-state index is 11.0. The van der Waals surface area contributed by atoms with Crippen molar-refractivity contribution in [3.63, 3.8) is 0 Å². The van der Waals surface area contributed by atoms with E-state index in [-0.39, 0.29) is 6.10 Å². The van der Waals surface area contributed by atoms with Crippen LogP contribution in [0.2, 0.25) is 0 Å². The maximum Gasteiger partial charge on any atom is 0.192 e. The molecule has 5 rings (SSSR count). The molecule has 24 heavy (non-hydrogen) atoms. The third kappa shape index (κ3) is 1.99. The van der Waals surface area contributed by atoms with Crippen LogP contribution in [0.1, 0.15) is 18.5 Å².